The molecule has 2 atom stereocenters. The minimum absolute atomic E-state index is 0.0114. The Kier molecular flexibility index (Phi) is 5.60. The highest BCUT2D eigenvalue weighted by atomic mass is 16.6. The Bertz CT molecular complexity index is 352. The van der Waals surface area contributed by atoms with Gasteiger partial charge in [-0.2, -0.15) is 0 Å². The zero-order valence-electron chi connectivity index (χ0n) is 13.4. The molecule has 6 nitrogen and oxygen atoms in total. The van der Waals surface area contributed by atoms with E-state index in [1.54, 1.807) is 19.0 Å². The van der Waals surface area contributed by atoms with Gasteiger partial charge in [-0.3, -0.25) is 4.79 Å². The number of aliphatic hydroxyl groups excluding tert-OH is 1. The fourth-order valence-corrected chi connectivity index (χ4v) is 3.09. The van der Waals surface area contributed by atoms with Crippen LogP contribution in [-0.2, 0) is 14.3 Å². The van der Waals surface area contributed by atoms with Crippen molar-refractivity contribution in [3.63, 3.8) is 0 Å². The lowest BCUT2D eigenvalue weighted by molar-refractivity contribution is -0.135. The molecular formula is C15H28N2O4. The van der Waals surface area contributed by atoms with Crippen molar-refractivity contribution in [2.24, 2.45) is 0 Å². The van der Waals surface area contributed by atoms with E-state index >= 15 is 0 Å². The zero-order valence-corrected chi connectivity index (χ0v) is 13.4. The number of hydrogen-bond acceptors (Lipinski definition) is 5. The number of nitrogens with zero attached hydrogens (tertiary/aromatic N) is 2. The Morgan fingerprint density at radius 3 is 2.71 bits per heavy atom. The molecule has 0 bridgehead atoms. The molecule has 2 aliphatic heterocycles. The molecule has 0 aliphatic carbocycles. The van der Waals surface area contributed by atoms with E-state index in [9.17, 15) is 9.90 Å². The summed E-state index contributed by atoms with van der Waals surface area (Å²) in [6.07, 6.45) is 2.56. The van der Waals surface area contributed by atoms with Gasteiger partial charge in [-0.05, 0) is 19.8 Å². The van der Waals surface area contributed by atoms with Gasteiger partial charge >= 0.3 is 0 Å². The second-order valence-electron chi connectivity index (χ2n) is 6.57. The molecule has 2 fully saturated rings. The van der Waals surface area contributed by atoms with Gasteiger partial charge in [0.1, 0.15) is 6.61 Å². The van der Waals surface area contributed by atoms with Crippen LogP contribution in [0.2, 0.25) is 0 Å². The number of likely N-dealkylation sites (N-methyl/N-ethyl adjacent to an activating group) is 1. The molecule has 2 heterocycles. The quantitative estimate of drug-likeness (QED) is 0.780. The summed E-state index contributed by atoms with van der Waals surface area (Å²) in [5.41, 5.74) is -0.0823. The first-order valence-corrected chi connectivity index (χ1v) is 7.76. The molecule has 122 valence electrons. The second-order valence-corrected chi connectivity index (χ2v) is 6.57. The van der Waals surface area contributed by atoms with Crippen LogP contribution in [0.5, 0.6) is 0 Å². The average Bonchev–Trinajstić information content (AvgIpc) is 2.82. The molecule has 6 heteroatoms. The molecule has 0 saturated carbocycles. The van der Waals surface area contributed by atoms with Gasteiger partial charge in [-0.1, -0.05) is 0 Å². The molecular weight excluding hydrogens is 272 g/mol. The van der Waals surface area contributed by atoms with E-state index in [1.807, 2.05) is 6.92 Å². The number of aliphatic hydroxyl groups is 1. The van der Waals surface area contributed by atoms with Gasteiger partial charge in [-0.15, -0.1) is 0 Å². The predicted octanol–water partition coefficient (Wildman–Crippen LogP) is 0.0955. The number of likely N-dealkylation sites (tertiary alicyclic amines) is 1. The van der Waals surface area contributed by atoms with E-state index in [0.717, 1.165) is 38.9 Å². The largest absolute Gasteiger partial charge is 0.392 e. The van der Waals surface area contributed by atoms with Gasteiger partial charge < -0.3 is 24.4 Å². The maximum atomic E-state index is 11.5. The Hall–Kier alpha value is -0.690. The maximum absolute atomic E-state index is 11.5. The van der Waals surface area contributed by atoms with E-state index in [-0.39, 0.29) is 30.3 Å². The van der Waals surface area contributed by atoms with Gasteiger partial charge in [-0.25, -0.2) is 0 Å². The molecule has 2 aliphatic rings. The Balaban J connectivity index is 1.74. The monoisotopic (exact) mass is 300 g/mol. The van der Waals surface area contributed by atoms with E-state index in [0.29, 0.717) is 6.61 Å². The lowest BCUT2D eigenvalue weighted by atomic mass is 9.88. The first kappa shape index (κ1) is 16.7. The first-order chi connectivity index (χ1) is 9.90. The smallest absolute Gasteiger partial charge is 0.248 e. The summed E-state index contributed by atoms with van der Waals surface area (Å²) >= 11 is 0. The van der Waals surface area contributed by atoms with Crippen LogP contribution in [0.25, 0.3) is 0 Å². The third-order valence-corrected chi connectivity index (χ3v) is 4.41. The molecule has 1 spiro atoms. The van der Waals surface area contributed by atoms with Gasteiger partial charge in [0, 0.05) is 40.2 Å². The number of carbonyl (C=O) groups is 1. The summed E-state index contributed by atoms with van der Waals surface area (Å²) < 4.78 is 11.7. The average molecular weight is 300 g/mol. The molecule has 2 unspecified atom stereocenters. The Labute approximate surface area is 127 Å². The maximum Gasteiger partial charge on any atom is 0.248 e. The van der Waals surface area contributed by atoms with Gasteiger partial charge in [0.25, 0.3) is 0 Å². The Morgan fingerprint density at radius 1 is 1.48 bits per heavy atom. The standard InChI is InChI=1S/C15H28N2O4/c1-12(18)9-17-6-4-15(5-7-17)8-13(10-21-15)20-11-14(19)16(2)3/h12-13,18H,4-11H2,1-3H3. The minimum atomic E-state index is -0.281. The van der Waals surface area contributed by atoms with Crippen LogP contribution in [0, 0.1) is 0 Å². The van der Waals surface area contributed by atoms with Crippen LogP contribution in [-0.4, -0.2) is 85.6 Å². The molecule has 0 aromatic carbocycles. The zero-order chi connectivity index (χ0) is 15.5. The summed E-state index contributed by atoms with van der Waals surface area (Å²) in [7, 11) is 3.46. The summed E-state index contributed by atoms with van der Waals surface area (Å²) in [4.78, 5) is 15.4. The number of carbonyl (C=O) groups excluding carboxylic acids is 1. The molecule has 1 amide bonds. The highest BCUT2D eigenvalue weighted by molar-refractivity contribution is 5.76. The van der Waals surface area contributed by atoms with E-state index in [1.165, 1.54) is 0 Å². The van der Waals surface area contributed by atoms with Crippen molar-refractivity contribution in [2.45, 2.75) is 44.0 Å². The molecule has 0 radical (unpaired) electrons. The van der Waals surface area contributed by atoms with Crippen LogP contribution in [0.1, 0.15) is 26.2 Å². The number of β-amino-alcohol motifs (C(OH)–C–C–N with tert-alkyl or cyclic N) is 1. The van der Waals surface area contributed by atoms with Gasteiger partial charge in [0.2, 0.25) is 5.91 Å². The van der Waals surface area contributed by atoms with Crippen molar-refractivity contribution in [2.75, 3.05) is 46.9 Å². The van der Waals surface area contributed by atoms with E-state index in [4.69, 9.17) is 9.47 Å². The van der Waals surface area contributed by atoms with Crippen molar-refractivity contribution in [3.05, 3.63) is 0 Å². The highest BCUT2D eigenvalue weighted by Crippen LogP contribution is 2.36. The normalized spacial score (nSPS) is 27.0. The van der Waals surface area contributed by atoms with Crippen LogP contribution < -0.4 is 0 Å². The van der Waals surface area contributed by atoms with Crippen LogP contribution in [0.3, 0.4) is 0 Å². The van der Waals surface area contributed by atoms with Crippen LogP contribution >= 0.6 is 0 Å². The summed E-state index contributed by atoms with van der Waals surface area (Å²) in [5, 5.41) is 9.44. The van der Waals surface area contributed by atoms with E-state index in [2.05, 4.69) is 4.90 Å². The molecule has 2 saturated heterocycles. The highest BCUT2D eigenvalue weighted by Gasteiger charge is 2.43. The van der Waals surface area contributed by atoms with Gasteiger partial charge in [0.15, 0.2) is 0 Å². The minimum Gasteiger partial charge on any atom is -0.392 e. The number of amides is 1. The third kappa shape index (κ3) is 4.64. The lowest BCUT2D eigenvalue weighted by Crippen LogP contribution is -2.46. The van der Waals surface area contributed by atoms with Crippen molar-refractivity contribution >= 4 is 5.91 Å². The first-order valence-electron chi connectivity index (χ1n) is 7.76. The van der Waals surface area contributed by atoms with Crippen LogP contribution in [0.15, 0.2) is 0 Å². The number of hydrogen-bond donors (Lipinski definition) is 1. The topological polar surface area (TPSA) is 62.2 Å². The number of rotatable bonds is 5. The summed E-state index contributed by atoms with van der Waals surface area (Å²) in [5.74, 6) is -0.0114. The summed E-state index contributed by atoms with van der Waals surface area (Å²) in [6.45, 7) is 5.17. The molecule has 21 heavy (non-hydrogen) atoms. The lowest BCUT2D eigenvalue weighted by Gasteiger charge is -2.39. The van der Waals surface area contributed by atoms with Crippen molar-refractivity contribution < 1.29 is 19.4 Å². The molecule has 0 aromatic rings. The summed E-state index contributed by atoms with van der Waals surface area (Å²) in [6, 6.07) is 0. The van der Waals surface area contributed by atoms with Gasteiger partial charge in [0.05, 0.1) is 24.4 Å². The molecule has 2 rings (SSSR count). The molecule has 1 N–H and O–H groups in total. The molecule has 0 aromatic heterocycles. The van der Waals surface area contributed by atoms with E-state index < -0.39 is 0 Å². The van der Waals surface area contributed by atoms with Crippen molar-refractivity contribution in [3.8, 4) is 0 Å². The fraction of sp³-hybridized carbons (Fsp3) is 0.933. The predicted molar refractivity (Wildman–Crippen MR) is 79.1 cm³/mol. The van der Waals surface area contributed by atoms with Crippen molar-refractivity contribution in [1.29, 1.82) is 0 Å². The van der Waals surface area contributed by atoms with Crippen molar-refractivity contribution in [1.82, 2.24) is 9.80 Å². The second kappa shape index (κ2) is 7.05. The third-order valence-electron chi connectivity index (χ3n) is 4.41. The number of ether oxygens (including phenoxy) is 2. The van der Waals surface area contributed by atoms with Crippen LogP contribution in [0.4, 0.5) is 0 Å². The Morgan fingerprint density at radius 2 is 2.14 bits per heavy atom. The SMILES string of the molecule is CC(O)CN1CCC2(CC1)CC(OCC(=O)N(C)C)CO2. The fourth-order valence-electron chi connectivity index (χ4n) is 3.09. The number of piperidine rings is 1.